The van der Waals surface area contributed by atoms with Crippen LogP contribution in [0, 0.1) is 0 Å². The number of allylic oxidation sites excluding steroid dienone is 4. The zero-order valence-corrected chi connectivity index (χ0v) is 22.2. The van der Waals surface area contributed by atoms with E-state index in [1.807, 2.05) is 18.2 Å². The fourth-order valence-electron chi connectivity index (χ4n) is 4.48. The normalized spacial score (nSPS) is 14.8. The molecule has 1 aliphatic heterocycles. The van der Waals surface area contributed by atoms with Crippen LogP contribution in [0.15, 0.2) is 102 Å². The molecule has 0 amide bonds. The molecule has 0 fully saturated rings. The summed E-state index contributed by atoms with van der Waals surface area (Å²) in [6.45, 7) is 6.10. The highest BCUT2D eigenvalue weighted by atomic mass is 32.2. The van der Waals surface area contributed by atoms with Crippen molar-refractivity contribution in [2.24, 2.45) is 0 Å². The summed E-state index contributed by atoms with van der Waals surface area (Å²) in [5.41, 5.74) is 5.00. The fraction of sp³-hybridized carbons (Fsp3) is 0.138. The molecule has 0 bridgehead atoms. The van der Waals surface area contributed by atoms with E-state index in [9.17, 15) is 13.0 Å². The van der Waals surface area contributed by atoms with Crippen molar-refractivity contribution in [3.05, 3.63) is 107 Å². The number of nitrogens with zero attached hydrogens (tertiary/aromatic N) is 3. The first-order chi connectivity index (χ1) is 17.9. The summed E-state index contributed by atoms with van der Waals surface area (Å²) in [6.07, 6.45) is 8.20. The average Bonchev–Trinajstić information content (AvgIpc) is 3.31. The molecule has 3 aromatic carbocycles. The van der Waals surface area contributed by atoms with E-state index in [-0.39, 0.29) is 4.90 Å². The maximum atomic E-state index is 11.5. The summed E-state index contributed by atoms with van der Waals surface area (Å²) in [6, 6.07) is 23.3. The highest BCUT2D eigenvalue weighted by molar-refractivity contribution is 7.85. The summed E-state index contributed by atoms with van der Waals surface area (Å²) in [4.78, 5) is 9.03. The van der Waals surface area contributed by atoms with Gasteiger partial charge in [-0.2, -0.15) is 8.42 Å². The predicted octanol–water partition coefficient (Wildman–Crippen LogP) is 6.97. The molecule has 4 aromatic rings. The van der Waals surface area contributed by atoms with Crippen LogP contribution < -0.4 is 4.90 Å². The lowest BCUT2D eigenvalue weighted by atomic mass is 9.97. The fourth-order valence-corrected chi connectivity index (χ4v) is 5.84. The van der Waals surface area contributed by atoms with Crippen LogP contribution in [0.3, 0.4) is 0 Å². The van der Waals surface area contributed by atoms with Gasteiger partial charge >= 0.3 is 0 Å². The third-order valence-electron chi connectivity index (χ3n) is 6.26. The molecule has 2 heterocycles. The van der Waals surface area contributed by atoms with Gasteiger partial charge in [0.25, 0.3) is 10.1 Å². The third-order valence-corrected chi connectivity index (χ3v) is 8.11. The van der Waals surface area contributed by atoms with E-state index >= 15 is 0 Å². The minimum Gasteiger partial charge on any atom is -0.358 e. The van der Waals surface area contributed by atoms with Gasteiger partial charge in [0.15, 0.2) is 0 Å². The summed E-state index contributed by atoms with van der Waals surface area (Å²) in [7, 11) is -4.26. The second kappa shape index (κ2) is 10.3. The Bertz CT molecular complexity index is 1630. The first-order valence-corrected chi connectivity index (χ1v) is 14.3. The second-order valence-corrected chi connectivity index (χ2v) is 11.0. The van der Waals surface area contributed by atoms with Crippen molar-refractivity contribution in [2.75, 3.05) is 18.0 Å². The van der Waals surface area contributed by atoms with E-state index in [1.54, 1.807) is 6.07 Å². The van der Waals surface area contributed by atoms with Crippen molar-refractivity contribution in [1.29, 1.82) is 0 Å². The van der Waals surface area contributed by atoms with Crippen LogP contribution >= 0.6 is 11.3 Å². The third kappa shape index (κ3) is 5.09. The molecule has 6 nitrogen and oxygen atoms in total. The van der Waals surface area contributed by atoms with Gasteiger partial charge in [-0.3, -0.25) is 9.45 Å². The largest absolute Gasteiger partial charge is 0.358 e. The van der Waals surface area contributed by atoms with Gasteiger partial charge in [-0.25, -0.2) is 4.98 Å². The van der Waals surface area contributed by atoms with Crippen molar-refractivity contribution in [3.63, 3.8) is 0 Å². The Kier molecular flexibility index (Phi) is 6.97. The number of benzene rings is 3. The van der Waals surface area contributed by atoms with Crippen LogP contribution in [0.1, 0.15) is 24.4 Å². The van der Waals surface area contributed by atoms with E-state index < -0.39 is 10.1 Å². The van der Waals surface area contributed by atoms with Crippen LogP contribution in [0.2, 0.25) is 0 Å². The van der Waals surface area contributed by atoms with Crippen molar-refractivity contribution in [2.45, 2.75) is 18.7 Å². The minimum atomic E-state index is -4.26. The molecule has 5 rings (SSSR count). The molecule has 0 saturated carbocycles. The van der Waals surface area contributed by atoms with Crippen molar-refractivity contribution >= 4 is 54.7 Å². The van der Waals surface area contributed by atoms with Crippen LogP contribution in [0.5, 0.6) is 0 Å². The molecule has 1 aromatic heterocycles. The van der Waals surface area contributed by atoms with Gasteiger partial charge in [-0.15, -0.1) is 11.3 Å². The Morgan fingerprint density at radius 3 is 2.46 bits per heavy atom. The zero-order valence-electron chi connectivity index (χ0n) is 20.6. The Hall–Kier alpha value is -3.72. The molecule has 0 saturated heterocycles. The van der Waals surface area contributed by atoms with E-state index in [0.717, 1.165) is 51.1 Å². The Labute approximate surface area is 221 Å². The van der Waals surface area contributed by atoms with Crippen LogP contribution in [0.25, 0.3) is 21.9 Å². The van der Waals surface area contributed by atoms with E-state index in [2.05, 4.69) is 89.3 Å². The van der Waals surface area contributed by atoms with E-state index in [1.165, 1.54) is 23.5 Å². The minimum absolute atomic E-state index is 0.154. The topological polar surface area (TPSA) is 73.7 Å². The van der Waals surface area contributed by atoms with Gasteiger partial charge in [0, 0.05) is 24.3 Å². The molecule has 1 N–H and O–H groups in total. The Morgan fingerprint density at radius 2 is 1.73 bits per heavy atom. The quantitative estimate of drug-likeness (QED) is 0.261. The van der Waals surface area contributed by atoms with Crippen molar-refractivity contribution in [3.8, 4) is 0 Å². The number of fused-ring (bicyclic) bond motifs is 2. The number of anilines is 2. The smallest absolute Gasteiger partial charge is 0.294 e. The van der Waals surface area contributed by atoms with Gasteiger partial charge in [-0.05, 0) is 68.0 Å². The van der Waals surface area contributed by atoms with Gasteiger partial charge in [0.1, 0.15) is 10.8 Å². The average molecular weight is 530 g/mol. The predicted molar refractivity (Wildman–Crippen MR) is 152 cm³/mol. The molecule has 0 radical (unpaired) electrons. The molecule has 188 valence electrons. The zero-order chi connectivity index (χ0) is 26.0. The van der Waals surface area contributed by atoms with Gasteiger partial charge < -0.3 is 4.90 Å². The van der Waals surface area contributed by atoms with E-state index in [0.29, 0.717) is 5.52 Å². The molecule has 37 heavy (non-hydrogen) atoms. The summed E-state index contributed by atoms with van der Waals surface area (Å²) >= 11 is 1.46. The number of thiazole rings is 1. The number of hydrogen-bond acceptors (Lipinski definition) is 6. The van der Waals surface area contributed by atoms with E-state index in [4.69, 9.17) is 0 Å². The monoisotopic (exact) mass is 529 g/mol. The second-order valence-electron chi connectivity index (χ2n) is 8.50. The molecule has 8 heteroatoms. The first kappa shape index (κ1) is 25.0. The highest BCUT2D eigenvalue weighted by Crippen LogP contribution is 2.41. The highest BCUT2D eigenvalue weighted by Gasteiger charge is 2.26. The van der Waals surface area contributed by atoms with Crippen molar-refractivity contribution in [1.82, 2.24) is 9.88 Å². The molecule has 1 aliphatic rings. The maximum absolute atomic E-state index is 11.5. The molecule has 0 spiro atoms. The van der Waals surface area contributed by atoms with Crippen LogP contribution in [0.4, 0.5) is 11.4 Å². The maximum Gasteiger partial charge on any atom is 0.294 e. The lowest BCUT2D eigenvalue weighted by Gasteiger charge is -2.39. The lowest BCUT2D eigenvalue weighted by Crippen LogP contribution is -2.34. The number of aromatic nitrogens is 1. The number of hydrogen-bond donors (Lipinski definition) is 1. The van der Waals surface area contributed by atoms with Gasteiger partial charge in [-0.1, -0.05) is 48.6 Å². The number of rotatable bonds is 7. The Balaban J connectivity index is 1.55. The standard InChI is InChI=1S/C29H27N3O3S2/c1-3-31(4-2)29-19-21(24-14-8-9-15-26(24)32(29)22-12-6-5-7-13-22)11-10-16-28-30-25-20-23(37(33,34)35)17-18-27(25)36-28/h5-20H,3-4H2,1-2H3,(H,33,34,35)/b16-10+,21-11+. The SMILES string of the molecule is CCN(CC)C1=C/C(=C\C=C\c2nc3cc(S(=O)(=O)O)ccc3s2)c2ccccc2N1c1ccccc1. The number of para-hydroxylation sites is 2. The molecule has 0 unspecified atom stereocenters. The van der Waals surface area contributed by atoms with Crippen LogP contribution in [-0.4, -0.2) is 35.9 Å². The lowest BCUT2D eigenvalue weighted by molar-refractivity contribution is 0.376. The van der Waals surface area contributed by atoms with Gasteiger partial charge in [0.05, 0.1) is 20.8 Å². The molecule has 0 atom stereocenters. The first-order valence-electron chi connectivity index (χ1n) is 12.1. The van der Waals surface area contributed by atoms with Gasteiger partial charge in [0.2, 0.25) is 0 Å². The van der Waals surface area contributed by atoms with Crippen molar-refractivity contribution < 1.29 is 13.0 Å². The van der Waals surface area contributed by atoms with Crippen LogP contribution in [-0.2, 0) is 10.1 Å². The summed E-state index contributed by atoms with van der Waals surface area (Å²) in [5.74, 6) is 1.12. The molecular formula is C29H27N3O3S2. The summed E-state index contributed by atoms with van der Waals surface area (Å²) < 4.78 is 33.1. The molecular weight excluding hydrogens is 502 g/mol. The molecule has 0 aliphatic carbocycles. The Morgan fingerprint density at radius 1 is 1.00 bits per heavy atom. The summed E-state index contributed by atoms with van der Waals surface area (Å²) in [5, 5.41) is 0.752.